The molecule has 7 heteroatoms. The van der Waals surface area contributed by atoms with Crippen molar-refractivity contribution >= 4 is 5.96 Å². The third kappa shape index (κ3) is 11.1. The fourth-order valence-corrected chi connectivity index (χ4v) is 2.57. The highest BCUT2D eigenvalue weighted by Crippen LogP contribution is 2.12. The standard InChI is InChI=1S/C21H38N4O3/c1-5-25(6-2)13-15-28-20-10-8-19(9-11-20)18-24-21(22-3)23-12-7-14-27-17-16-26-4/h8-11H,5-7,12-18H2,1-4H3,(H2,22,23,24). The van der Waals surface area contributed by atoms with Gasteiger partial charge in [-0.3, -0.25) is 4.99 Å². The van der Waals surface area contributed by atoms with Gasteiger partial charge in [0.05, 0.1) is 13.2 Å². The number of likely N-dealkylation sites (N-methyl/N-ethyl adjacent to an activating group) is 1. The van der Waals surface area contributed by atoms with E-state index >= 15 is 0 Å². The number of nitrogens with one attached hydrogen (secondary N) is 2. The number of methoxy groups -OCH3 is 1. The Morgan fingerprint density at radius 3 is 2.39 bits per heavy atom. The Labute approximate surface area is 170 Å². The lowest BCUT2D eigenvalue weighted by atomic mass is 10.2. The topological polar surface area (TPSA) is 67.4 Å². The molecule has 0 saturated carbocycles. The van der Waals surface area contributed by atoms with E-state index in [1.54, 1.807) is 14.2 Å². The van der Waals surface area contributed by atoms with E-state index in [-0.39, 0.29) is 0 Å². The quantitative estimate of drug-likeness (QED) is 0.270. The molecule has 28 heavy (non-hydrogen) atoms. The molecule has 1 aromatic carbocycles. The van der Waals surface area contributed by atoms with Gasteiger partial charge in [0.1, 0.15) is 12.4 Å². The number of ether oxygens (including phenoxy) is 3. The Morgan fingerprint density at radius 2 is 1.75 bits per heavy atom. The second-order valence-electron chi connectivity index (χ2n) is 6.33. The summed E-state index contributed by atoms with van der Waals surface area (Å²) in [5, 5.41) is 6.61. The number of aliphatic imine (C=N–C) groups is 1. The van der Waals surface area contributed by atoms with Gasteiger partial charge < -0.3 is 29.7 Å². The van der Waals surface area contributed by atoms with Crippen LogP contribution in [0.4, 0.5) is 0 Å². The van der Waals surface area contributed by atoms with Gasteiger partial charge >= 0.3 is 0 Å². The van der Waals surface area contributed by atoms with Gasteiger partial charge in [-0.25, -0.2) is 0 Å². The van der Waals surface area contributed by atoms with Crippen LogP contribution in [0.15, 0.2) is 29.3 Å². The molecule has 0 amide bonds. The first-order chi connectivity index (χ1) is 13.7. The van der Waals surface area contributed by atoms with Crippen molar-refractivity contribution in [1.29, 1.82) is 0 Å². The van der Waals surface area contributed by atoms with Crippen LogP contribution in [0.5, 0.6) is 5.75 Å². The van der Waals surface area contributed by atoms with Crippen molar-refractivity contribution in [2.75, 3.05) is 66.8 Å². The van der Waals surface area contributed by atoms with Crippen molar-refractivity contribution in [2.45, 2.75) is 26.8 Å². The highest BCUT2D eigenvalue weighted by atomic mass is 16.5. The first kappa shape index (κ1) is 24.2. The zero-order valence-corrected chi connectivity index (χ0v) is 18.0. The van der Waals surface area contributed by atoms with E-state index in [1.807, 2.05) is 12.1 Å². The number of benzene rings is 1. The molecular weight excluding hydrogens is 356 g/mol. The maximum atomic E-state index is 5.82. The van der Waals surface area contributed by atoms with Crippen molar-refractivity contribution in [1.82, 2.24) is 15.5 Å². The molecule has 0 saturated heterocycles. The van der Waals surface area contributed by atoms with Crippen LogP contribution in [0.1, 0.15) is 25.8 Å². The Bertz CT molecular complexity index is 519. The third-order valence-electron chi connectivity index (χ3n) is 4.37. The SMILES string of the molecule is CCN(CC)CCOc1ccc(CNC(=NC)NCCCOCCOC)cc1. The maximum Gasteiger partial charge on any atom is 0.191 e. The van der Waals surface area contributed by atoms with E-state index in [0.717, 1.165) is 44.3 Å². The summed E-state index contributed by atoms with van der Waals surface area (Å²) in [6.45, 7) is 11.6. The van der Waals surface area contributed by atoms with E-state index in [2.05, 4.69) is 46.5 Å². The molecule has 0 fully saturated rings. The third-order valence-corrected chi connectivity index (χ3v) is 4.37. The van der Waals surface area contributed by atoms with Gasteiger partial charge in [-0.2, -0.15) is 0 Å². The van der Waals surface area contributed by atoms with Crippen LogP contribution in [0, 0.1) is 0 Å². The summed E-state index contributed by atoms with van der Waals surface area (Å²) in [5.41, 5.74) is 1.18. The number of rotatable bonds is 15. The van der Waals surface area contributed by atoms with Crippen molar-refractivity contribution in [2.24, 2.45) is 4.99 Å². The summed E-state index contributed by atoms with van der Waals surface area (Å²) in [4.78, 5) is 6.60. The van der Waals surface area contributed by atoms with Gasteiger partial charge in [0.15, 0.2) is 5.96 Å². The van der Waals surface area contributed by atoms with Crippen molar-refractivity contribution < 1.29 is 14.2 Å². The predicted molar refractivity (Wildman–Crippen MR) is 115 cm³/mol. The lowest BCUT2D eigenvalue weighted by molar-refractivity contribution is 0.0698. The van der Waals surface area contributed by atoms with Crippen LogP contribution in [0.3, 0.4) is 0 Å². The summed E-state index contributed by atoms with van der Waals surface area (Å²) in [6.07, 6.45) is 0.921. The van der Waals surface area contributed by atoms with Crippen LogP contribution < -0.4 is 15.4 Å². The van der Waals surface area contributed by atoms with Gasteiger partial charge in [0.25, 0.3) is 0 Å². The van der Waals surface area contributed by atoms with E-state index in [0.29, 0.717) is 33.0 Å². The zero-order valence-electron chi connectivity index (χ0n) is 18.0. The molecule has 0 heterocycles. The summed E-state index contributed by atoms with van der Waals surface area (Å²) in [5.74, 6) is 1.70. The largest absolute Gasteiger partial charge is 0.492 e. The lowest BCUT2D eigenvalue weighted by Gasteiger charge is -2.18. The predicted octanol–water partition coefficient (Wildman–Crippen LogP) is 2.13. The van der Waals surface area contributed by atoms with Crippen molar-refractivity contribution in [3.63, 3.8) is 0 Å². The molecule has 0 aromatic heterocycles. The number of nitrogens with zero attached hydrogens (tertiary/aromatic N) is 2. The Kier molecular flexibility index (Phi) is 14.0. The molecule has 0 bridgehead atoms. The molecule has 7 nitrogen and oxygen atoms in total. The molecule has 0 aliphatic rings. The average molecular weight is 395 g/mol. The van der Waals surface area contributed by atoms with Gasteiger partial charge in [0, 0.05) is 40.4 Å². The monoisotopic (exact) mass is 394 g/mol. The summed E-state index contributed by atoms with van der Waals surface area (Å²) in [7, 11) is 3.45. The average Bonchev–Trinajstić information content (AvgIpc) is 2.73. The fourth-order valence-electron chi connectivity index (χ4n) is 2.57. The first-order valence-electron chi connectivity index (χ1n) is 10.2. The molecule has 0 atom stereocenters. The van der Waals surface area contributed by atoms with E-state index in [4.69, 9.17) is 14.2 Å². The van der Waals surface area contributed by atoms with E-state index in [1.165, 1.54) is 5.56 Å². The summed E-state index contributed by atoms with van der Waals surface area (Å²) < 4.78 is 16.2. The van der Waals surface area contributed by atoms with E-state index < -0.39 is 0 Å². The molecule has 1 rings (SSSR count). The maximum absolute atomic E-state index is 5.82. The lowest BCUT2D eigenvalue weighted by Crippen LogP contribution is -2.37. The second-order valence-corrected chi connectivity index (χ2v) is 6.33. The number of hydrogen-bond donors (Lipinski definition) is 2. The Morgan fingerprint density at radius 1 is 1.00 bits per heavy atom. The van der Waals surface area contributed by atoms with Crippen LogP contribution >= 0.6 is 0 Å². The number of guanidine groups is 1. The smallest absolute Gasteiger partial charge is 0.191 e. The molecule has 1 aromatic rings. The van der Waals surface area contributed by atoms with Crippen molar-refractivity contribution in [3.05, 3.63) is 29.8 Å². The minimum Gasteiger partial charge on any atom is -0.492 e. The Balaban J connectivity index is 2.22. The van der Waals surface area contributed by atoms with Crippen LogP contribution in [0.2, 0.25) is 0 Å². The summed E-state index contributed by atoms with van der Waals surface area (Å²) in [6, 6.07) is 8.20. The normalized spacial score (nSPS) is 11.7. The van der Waals surface area contributed by atoms with Crippen LogP contribution in [-0.2, 0) is 16.0 Å². The molecule has 0 unspecified atom stereocenters. The summed E-state index contributed by atoms with van der Waals surface area (Å²) >= 11 is 0. The van der Waals surface area contributed by atoms with Gasteiger partial charge in [-0.1, -0.05) is 26.0 Å². The van der Waals surface area contributed by atoms with Gasteiger partial charge in [0.2, 0.25) is 0 Å². The molecule has 0 radical (unpaired) electrons. The molecule has 160 valence electrons. The molecule has 2 N–H and O–H groups in total. The molecule has 0 spiro atoms. The second kappa shape index (κ2) is 16.2. The van der Waals surface area contributed by atoms with Crippen LogP contribution in [0.25, 0.3) is 0 Å². The highest BCUT2D eigenvalue weighted by Gasteiger charge is 2.01. The Hall–Kier alpha value is -1.83. The van der Waals surface area contributed by atoms with Crippen molar-refractivity contribution in [3.8, 4) is 5.75 Å². The molecular formula is C21H38N4O3. The molecule has 0 aliphatic heterocycles. The van der Waals surface area contributed by atoms with E-state index in [9.17, 15) is 0 Å². The minimum atomic E-state index is 0.635. The highest BCUT2D eigenvalue weighted by molar-refractivity contribution is 5.79. The van der Waals surface area contributed by atoms with Gasteiger partial charge in [-0.15, -0.1) is 0 Å². The first-order valence-corrected chi connectivity index (χ1v) is 10.2. The minimum absolute atomic E-state index is 0.635. The number of hydrogen-bond acceptors (Lipinski definition) is 5. The van der Waals surface area contributed by atoms with Crippen LogP contribution in [-0.4, -0.2) is 77.6 Å². The fraction of sp³-hybridized carbons (Fsp3) is 0.667. The zero-order chi connectivity index (χ0) is 20.5. The van der Waals surface area contributed by atoms with Gasteiger partial charge in [-0.05, 0) is 37.2 Å². The molecule has 0 aliphatic carbocycles.